The van der Waals surface area contributed by atoms with Crippen molar-refractivity contribution in [1.82, 2.24) is 14.0 Å². The molecule has 1 amide bonds. The molecule has 0 bridgehead atoms. The first-order valence-electron chi connectivity index (χ1n) is 13.6. The van der Waals surface area contributed by atoms with E-state index in [0.717, 1.165) is 0 Å². The fourth-order valence-corrected chi connectivity index (χ4v) is 4.65. The molecule has 1 aromatic heterocycles. The van der Waals surface area contributed by atoms with Crippen molar-refractivity contribution in [3.8, 4) is 5.75 Å². The number of ether oxygens (including phenoxy) is 2. The van der Waals surface area contributed by atoms with Crippen LogP contribution in [0.15, 0.2) is 39.9 Å². The molecule has 0 spiro atoms. The third-order valence-corrected chi connectivity index (χ3v) is 6.87. The predicted molar refractivity (Wildman–Crippen MR) is 152 cm³/mol. The van der Waals surface area contributed by atoms with Gasteiger partial charge in [-0.15, -0.1) is 0 Å². The Labute approximate surface area is 229 Å². The fourth-order valence-electron chi connectivity index (χ4n) is 4.65. The predicted octanol–water partition coefficient (Wildman–Crippen LogP) is 3.08. The number of aliphatic hydroxyl groups excluding tert-OH is 1. The number of aromatic nitrogens is 2. The normalized spacial score (nSPS) is 15.5. The van der Waals surface area contributed by atoms with Gasteiger partial charge in [0.15, 0.2) is 0 Å². The molecule has 1 fully saturated rings. The number of piperazine rings is 1. The van der Waals surface area contributed by atoms with Crippen LogP contribution >= 0.6 is 0 Å². The lowest BCUT2D eigenvalue weighted by molar-refractivity contribution is -0.0449. The molecule has 1 unspecified atom stereocenters. The zero-order valence-electron chi connectivity index (χ0n) is 24.1. The van der Waals surface area contributed by atoms with Gasteiger partial charge in [-0.1, -0.05) is 0 Å². The zero-order valence-corrected chi connectivity index (χ0v) is 24.1. The van der Waals surface area contributed by atoms with Crippen LogP contribution in [0.1, 0.15) is 60.5 Å². The topological polar surface area (TPSA) is 118 Å². The van der Waals surface area contributed by atoms with Gasteiger partial charge in [0, 0.05) is 56.6 Å². The van der Waals surface area contributed by atoms with Gasteiger partial charge < -0.3 is 19.5 Å². The Morgan fingerprint density at radius 2 is 1.59 bits per heavy atom. The molecule has 2 aromatic rings. The van der Waals surface area contributed by atoms with Gasteiger partial charge in [0.1, 0.15) is 23.3 Å². The summed E-state index contributed by atoms with van der Waals surface area (Å²) >= 11 is 0. The number of nitrogens with zero attached hydrogens (tertiary/aromatic N) is 4. The van der Waals surface area contributed by atoms with Gasteiger partial charge in [0.05, 0.1) is 6.61 Å². The Bertz CT molecular complexity index is 1230. The zero-order chi connectivity index (χ0) is 28.9. The second kappa shape index (κ2) is 12.7. The lowest BCUT2D eigenvalue weighted by atomic mass is 10.0. The summed E-state index contributed by atoms with van der Waals surface area (Å²) in [5.41, 5.74) is -0.860. The number of anilines is 2. The van der Waals surface area contributed by atoms with Crippen molar-refractivity contribution in [3.05, 3.63) is 51.2 Å². The molecule has 1 aliphatic heterocycles. The number of carbonyl (C=O) groups excluding carboxylic acids is 1. The molecule has 2 N–H and O–H groups in total. The van der Waals surface area contributed by atoms with E-state index in [4.69, 9.17) is 9.47 Å². The highest BCUT2D eigenvalue weighted by atomic mass is 16.5. The summed E-state index contributed by atoms with van der Waals surface area (Å²) in [6, 6.07) is 8.15. The van der Waals surface area contributed by atoms with E-state index in [-0.39, 0.29) is 23.3 Å². The molecule has 3 rings (SSSR count). The highest BCUT2D eigenvalue weighted by Gasteiger charge is 2.33. The number of benzene rings is 1. The van der Waals surface area contributed by atoms with Crippen LogP contribution in [0, 0.1) is 0 Å². The fraction of sp³-hybridized carbons (Fsp3) is 0.607. The lowest BCUT2D eigenvalue weighted by Gasteiger charge is -2.40. The molecule has 0 radical (unpaired) electrons. The Hall–Kier alpha value is -3.31. The Morgan fingerprint density at radius 1 is 1.00 bits per heavy atom. The Balaban J connectivity index is 1.61. The van der Waals surface area contributed by atoms with Crippen molar-refractivity contribution in [3.63, 3.8) is 0 Å². The van der Waals surface area contributed by atoms with Crippen LogP contribution in [0.3, 0.4) is 0 Å². The van der Waals surface area contributed by atoms with Crippen LogP contribution in [0.2, 0.25) is 0 Å². The number of carbonyl (C=O) groups is 1. The summed E-state index contributed by atoms with van der Waals surface area (Å²) in [4.78, 5) is 41.7. The van der Waals surface area contributed by atoms with Crippen molar-refractivity contribution < 1.29 is 19.4 Å². The average molecular weight is 546 g/mol. The van der Waals surface area contributed by atoms with E-state index in [1.165, 1.54) is 4.57 Å². The molecular formula is C28H43N5O6. The van der Waals surface area contributed by atoms with Crippen molar-refractivity contribution in [2.45, 2.75) is 72.3 Å². The third-order valence-electron chi connectivity index (χ3n) is 6.87. The highest BCUT2D eigenvalue weighted by Crippen LogP contribution is 2.25. The molecule has 39 heavy (non-hydrogen) atoms. The molecule has 1 aromatic carbocycles. The maximum absolute atomic E-state index is 13.1. The first-order valence-corrected chi connectivity index (χ1v) is 13.6. The maximum Gasteiger partial charge on any atom is 0.411 e. The number of hydrogen-bond donors (Lipinski definition) is 2. The number of amides is 1. The molecule has 0 saturated carbocycles. The van der Waals surface area contributed by atoms with Gasteiger partial charge in [-0.05, 0) is 72.7 Å². The van der Waals surface area contributed by atoms with Crippen molar-refractivity contribution >= 4 is 17.6 Å². The quantitative estimate of drug-likeness (QED) is 0.468. The maximum atomic E-state index is 13.1. The minimum Gasteiger partial charge on any atom is -0.485 e. The van der Waals surface area contributed by atoms with E-state index in [0.29, 0.717) is 56.6 Å². The van der Waals surface area contributed by atoms with Gasteiger partial charge in [-0.2, -0.15) is 0 Å². The van der Waals surface area contributed by atoms with Crippen molar-refractivity contribution in [1.29, 1.82) is 0 Å². The lowest BCUT2D eigenvalue weighted by Crippen LogP contribution is -2.54. The Kier molecular flexibility index (Phi) is 9.84. The number of hydrogen-bond acceptors (Lipinski definition) is 8. The minimum atomic E-state index is -0.868. The molecule has 216 valence electrons. The average Bonchev–Trinajstić information content (AvgIpc) is 2.84. The monoisotopic (exact) mass is 545 g/mol. The molecule has 1 atom stereocenters. The highest BCUT2D eigenvalue weighted by molar-refractivity contribution is 5.84. The minimum absolute atomic E-state index is 0.0918. The summed E-state index contributed by atoms with van der Waals surface area (Å²) in [5, 5.41) is 13.7. The summed E-state index contributed by atoms with van der Waals surface area (Å²) in [7, 11) is 0. The van der Waals surface area contributed by atoms with Crippen LogP contribution in [-0.4, -0.2) is 76.3 Å². The van der Waals surface area contributed by atoms with Crippen molar-refractivity contribution in [2.75, 3.05) is 49.5 Å². The summed E-state index contributed by atoms with van der Waals surface area (Å²) in [5.74, 6) is 1.21. The molecule has 11 nitrogen and oxygen atoms in total. The van der Waals surface area contributed by atoms with E-state index in [2.05, 4.69) is 15.1 Å². The molecule has 1 aliphatic rings. The van der Waals surface area contributed by atoms with Crippen LogP contribution < -0.4 is 26.2 Å². The van der Waals surface area contributed by atoms with Gasteiger partial charge in [-0.3, -0.25) is 24.1 Å². The summed E-state index contributed by atoms with van der Waals surface area (Å²) < 4.78 is 14.0. The first kappa shape index (κ1) is 30.2. The van der Waals surface area contributed by atoms with Crippen LogP contribution in [0.4, 0.5) is 16.3 Å². The van der Waals surface area contributed by atoms with Gasteiger partial charge >= 0.3 is 11.8 Å². The smallest absolute Gasteiger partial charge is 0.411 e. The number of aliphatic hydroxyl groups is 1. The number of nitrogens with one attached hydrogen (secondary N) is 1. The largest absolute Gasteiger partial charge is 0.485 e. The van der Waals surface area contributed by atoms with Crippen LogP contribution in [0.25, 0.3) is 0 Å². The van der Waals surface area contributed by atoms with Gasteiger partial charge in [0.2, 0.25) is 0 Å². The van der Waals surface area contributed by atoms with E-state index >= 15 is 0 Å². The van der Waals surface area contributed by atoms with E-state index in [1.807, 2.05) is 41.5 Å². The van der Waals surface area contributed by atoms with Crippen LogP contribution in [-0.2, 0) is 4.74 Å². The number of β-amino-alcohol motifs (C(OH)–C–C–N with tert-alkyl or cyclic N) is 1. The van der Waals surface area contributed by atoms with E-state index in [9.17, 15) is 19.5 Å². The standard InChI is InChI=1S/C28H43N5O6/c1-8-38-26(36)29-21-9-11-22(12-10-21)39-28(6,7)23(34)18-30-13-15-31(16-14-30)24-17-25(35)33(20(4)5)27(37)32(24)19(2)3/h9-12,17,19-20,23,34H,8,13-16,18H2,1-7H3,(H,29,36). The second-order valence-corrected chi connectivity index (χ2v) is 10.9. The summed E-state index contributed by atoms with van der Waals surface area (Å²) in [6.07, 6.45) is -1.29. The molecular weight excluding hydrogens is 502 g/mol. The van der Waals surface area contributed by atoms with E-state index in [1.54, 1.807) is 41.8 Å². The number of rotatable bonds is 10. The first-order chi connectivity index (χ1) is 18.3. The molecule has 1 saturated heterocycles. The van der Waals surface area contributed by atoms with E-state index < -0.39 is 17.8 Å². The SMILES string of the molecule is CCOC(=O)Nc1ccc(OC(C)(C)C(O)CN2CCN(c3cc(=O)n(C(C)C)c(=O)n3C(C)C)CC2)cc1. The van der Waals surface area contributed by atoms with Gasteiger partial charge in [-0.25, -0.2) is 9.59 Å². The van der Waals surface area contributed by atoms with Gasteiger partial charge in [0.25, 0.3) is 5.56 Å². The second-order valence-electron chi connectivity index (χ2n) is 10.9. The third kappa shape index (κ3) is 7.42. The van der Waals surface area contributed by atoms with Crippen molar-refractivity contribution in [2.24, 2.45) is 0 Å². The Morgan fingerprint density at radius 3 is 2.13 bits per heavy atom. The summed E-state index contributed by atoms with van der Waals surface area (Å²) in [6.45, 7) is 16.3. The molecule has 0 aliphatic carbocycles. The van der Waals surface area contributed by atoms with Crippen LogP contribution in [0.5, 0.6) is 5.75 Å². The molecule has 11 heteroatoms. The molecule has 2 heterocycles.